The van der Waals surface area contributed by atoms with Crippen LogP contribution in [0.25, 0.3) is 11.0 Å². The number of aliphatic hydroxyl groups is 2. The Labute approximate surface area is 243 Å². The molecule has 1 aliphatic heterocycles. The molecule has 2 N–H and O–H groups in total. The van der Waals surface area contributed by atoms with Crippen LogP contribution in [0.3, 0.4) is 0 Å². The van der Waals surface area contributed by atoms with Crippen molar-refractivity contribution in [3.05, 3.63) is 41.3 Å². The number of methoxy groups -OCH3 is 1. The second-order valence-electron chi connectivity index (χ2n) is 10.9. The average Bonchev–Trinajstić information content (AvgIpc) is 3.32. The van der Waals surface area contributed by atoms with Crippen molar-refractivity contribution in [2.45, 2.75) is 98.2 Å². The lowest BCUT2D eigenvalue weighted by Gasteiger charge is -2.53. The largest absolute Gasteiger partial charge is 0.465 e. The third kappa shape index (κ3) is 8.77. The van der Waals surface area contributed by atoms with Crippen LogP contribution in [0.15, 0.2) is 30.5 Å². The minimum absolute atomic E-state index is 0.264. The number of halogens is 1. The SMILES string of the molecule is CC.CC(C)(O)O.CCc1cccc(O[C@H](CCn2ncc3c(N4CC5(CCCCC5)C4)nc(Cl)nc32)OC)c1. The number of anilines is 1. The van der Waals surface area contributed by atoms with Crippen LogP contribution in [0.4, 0.5) is 5.82 Å². The first-order valence-corrected chi connectivity index (χ1v) is 14.8. The molecule has 0 amide bonds. The smallest absolute Gasteiger partial charge is 0.226 e. The van der Waals surface area contributed by atoms with E-state index in [9.17, 15) is 0 Å². The zero-order valence-corrected chi connectivity index (χ0v) is 25.6. The van der Waals surface area contributed by atoms with Gasteiger partial charge in [-0.15, -0.1) is 0 Å². The summed E-state index contributed by atoms with van der Waals surface area (Å²) in [7, 11) is 1.66. The predicted octanol–water partition coefficient (Wildman–Crippen LogP) is 5.99. The number of ether oxygens (including phenoxy) is 2. The Hall–Kier alpha value is -2.46. The number of hydrogen-bond acceptors (Lipinski definition) is 8. The minimum Gasteiger partial charge on any atom is -0.465 e. The third-order valence-electron chi connectivity index (χ3n) is 7.13. The lowest BCUT2D eigenvalue weighted by molar-refractivity contribution is -0.127. The molecule has 3 heterocycles. The van der Waals surface area contributed by atoms with Crippen LogP contribution in [0.1, 0.15) is 78.7 Å². The highest BCUT2D eigenvalue weighted by Crippen LogP contribution is 2.46. The van der Waals surface area contributed by atoms with Gasteiger partial charge in [-0.1, -0.05) is 52.2 Å². The van der Waals surface area contributed by atoms with Gasteiger partial charge in [0.05, 0.1) is 11.6 Å². The number of aryl methyl sites for hydroxylation is 2. The van der Waals surface area contributed by atoms with E-state index in [0.717, 1.165) is 42.1 Å². The monoisotopic (exact) mass is 575 g/mol. The van der Waals surface area contributed by atoms with E-state index >= 15 is 0 Å². The van der Waals surface area contributed by atoms with Gasteiger partial charge in [0.25, 0.3) is 0 Å². The van der Waals surface area contributed by atoms with Gasteiger partial charge in [0, 0.05) is 38.6 Å². The molecule has 1 aromatic carbocycles. The van der Waals surface area contributed by atoms with Crippen LogP contribution in [-0.4, -0.2) is 62.2 Å². The number of hydrogen-bond donors (Lipinski definition) is 2. The van der Waals surface area contributed by atoms with Gasteiger partial charge in [0.2, 0.25) is 11.6 Å². The number of nitrogens with zero attached hydrogens (tertiary/aromatic N) is 5. The number of aromatic nitrogens is 4. The summed E-state index contributed by atoms with van der Waals surface area (Å²) in [6.07, 6.45) is 9.79. The van der Waals surface area contributed by atoms with Gasteiger partial charge in [-0.25, -0.2) is 4.68 Å². The molecule has 1 atom stereocenters. The van der Waals surface area contributed by atoms with E-state index in [1.807, 2.05) is 36.9 Å². The zero-order valence-electron chi connectivity index (χ0n) is 24.9. The third-order valence-corrected chi connectivity index (χ3v) is 7.30. The molecule has 2 fully saturated rings. The molecule has 1 saturated heterocycles. The van der Waals surface area contributed by atoms with Gasteiger partial charge in [0.15, 0.2) is 11.4 Å². The summed E-state index contributed by atoms with van der Waals surface area (Å²) in [6.45, 7) is 11.4. The Morgan fingerprint density at radius 1 is 1.10 bits per heavy atom. The highest BCUT2D eigenvalue weighted by Gasteiger charge is 2.44. The van der Waals surface area contributed by atoms with Crippen molar-refractivity contribution in [2.24, 2.45) is 5.41 Å². The molecule has 40 heavy (non-hydrogen) atoms. The first-order valence-electron chi connectivity index (χ1n) is 14.5. The van der Waals surface area contributed by atoms with E-state index in [-0.39, 0.29) is 11.6 Å². The molecule has 3 aromatic rings. The number of fused-ring (bicyclic) bond motifs is 1. The van der Waals surface area contributed by atoms with E-state index < -0.39 is 5.79 Å². The first kappa shape index (κ1) is 32.1. The molecule has 2 aromatic heterocycles. The fourth-order valence-electron chi connectivity index (χ4n) is 5.29. The van der Waals surface area contributed by atoms with Gasteiger partial charge in [-0.05, 0) is 62.4 Å². The fraction of sp³-hybridized carbons (Fsp3) is 0.633. The minimum atomic E-state index is -1.50. The molecule has 222 valence electrons. The Morgan fingerprint density at radius 3 is 2.40 bits per heavy atom. The molecule has 0 radical (unpaired) electrons. The molecule has 1 spiro atoms. The van der Waals surface area contributed by atoms with Gasteiger partial charge in [0.1, 0.15) is 11.6 Å². The second kappa shape index (κ2) is 14.4. The summed E-state index contributed by atoms with van der Waals surface area (Å²) in [4.78, 5) is 11.4. The van der Waals surface area contributed by atoms with Crippen LogP contribution < -0.4 is 9.64 Å². The number of benzene rings is 1. The summed E-state index contributed by atoms with van der Waals surface area (Å²) in [5.41, 5.74) is 2.47. The average molecular weight is 576 g/mol. The summed E-state index contributed by atoms with van der Waals surface area (Å²) in [6, 6.07) is 8.12. The molecule has 5 rings (SSSR count). The van der Waals surface area contributed by atoms with Crippen molar-refractivity contribution < 1.29 is 19.7 Å². The normalized spacial score (nSPS) is 16.9. The van der Waals surface area contributed by atoms with E-state index in [0.29, 0.717) is 18.4 Å². The molecular formula is C30H46ClN5O4. The summed E-state index contributed by atoms with van der Waals surface area (Å²) in [5, 5.41) is 22.0. The molecule has 1 saturated carbocycles. The summed E-state index contributed by atoms with van der Waals surface area (Å²) < 4.78 is 13.5. The molecular weight excluding hydrogens is 530 g/mol. The van der Waals surface area contributed by atoms with Gasteiger partial charge in [-0.2, -0.15) is 15.1 Å². The van der Waals surface area contributed by atoms with Crippen molar-refractivity contribution in [3.63, 3.8) is 0 Å². The summed E-state index contributed by atoms with van der Waals surface area (Å²) in [5.74, 6) is 0.219. The molecule has 9 nitrogen and oxygen atoms in total. The van der Waals surface area contributed by atoms with E-state index in [4.69, 9.17) is 31.3 Å². The Balaban J connectivity index is 0.000000570. The lowest BCUT2D eigenvalue weighted by atomic mass is 9.68. The maximum atomic E-state index is 8.08. The fourth-order valence-corrected chi connectivity index (χ4v) is 5.45. The first-order chi connectivity index (χ1) is 19.1. The van der Waals surface area contributed by atoms with Crippen LogP contribution in [0, 0.1) is 5.41 Å². The Kier molecular flexibility index (Phi) is 11.6. The standard InChI is InChI=1S/C25H32ClN5O2.C3H8O2.C2H6/c1-3-18-8-7-9-19(14-18)33-21(32-2)10-13-31-23-20(15-27-31)22(28-24(26)29-23)30-16-25(17-30)11-5-4-6-12-25;1-3(2,4)5;1-2/h7-9,14-15,21H,3-6,10-13,16-17H2,1-2H3;4-5H,1-2H3;1-2H3/t21-;;/m1../s1. The second-order valence-corrected chi connectivity index (χ2v) is 11.2. The van der Waals surface area contributed by atoms with Crippen LogP contribution >= 0.6 is 11.6 Å². The quantitative estimate of drug-likeness (QED) is 0.249. The highest BCUT2D eigenvalue weighted by atomic mass is 35.5. The predicted molar refractivity (Wildman–Crippen MR) is 160 cm³/mol. The van der Waals surface area contributed by atoms with Crippen molar-refractivity contribution >= 4 is 28.5 Å². The Morgan fingerprint density at radius 2 is 1.77 bits per heavy atom. The maximum absolute atomic E-state index is 8.08. The Bertz CT molecular complexity index is 1190. The summed E-state index contributed by atoms with van der Waals surface area (Å²) >= 11 is 6.34. The zero-order chi connectivity index (χ0) is 29.3. The molecule has 0 unspecified atom stereocenters. The molecule has 10 heteroatoms. The van der Waals surface area contributed by atoms with Crippen LogP contribution in [0.5, 0.6) is 5.75 Å². The molecule has 0 bridgehead atoms. The van der Waals surface area contributed by atoms with Gasteiger partial charge >= 0.3 is 0 Å². The van der Waals surface area contributed by atoms with Crippen molar-refractivity contribution in [2.75, 3.05) is 25.1 Å². The van der Waals surface area contributed by atoms with Gasteiger partial charge < -0.3 is 24.6 Å². The van der Waals surface area contributed by atoms with Crippen molar-refractivity contribution in [3.8, 4) is 5.75 Å². The van der Waals surface area contributed by atoms with Crippen LogP contribution in [-0.2, 0) is 17.7 Å². The maximum Gasteiger partial charge on any atom is 0.226 e. The molecule has 2 aliphatic rings. The van der Waals surface area contributed by atoms with Crippen molar-refractivity contribution in [1.29, 1.82) is 0 Å². The van der Waals surface area contributed by atoms with E-state index in [1.54, 1.807) is 7.11 Å². The lowest BCUT2D eigenvalue weighted by Crippen LogP contribution is -2.57. The molecule has 1 aliphatic carbocycles. The van der Waals surface area contributed by atoms with Gasteiger partial charge in [-0.3, -0.25) is 0 Å². The topological polar surface area (TPSA) is 106 Å². The van der Waals surface area contributed by atoms with Crippen molar-refractivity contribution in [1.82, 2.24) is 19.7 Å². The van der Waals surface area contributed by atoms with E-state index in [1.165, 1.54) is 51.5 Å². The number of rotatable bonds is 8. The van der Waals surface area contributed by atoms with E-state index in [2.05, 4.69) is 39.0 Å². The van der Waals surface area contributed by atoms with Crippen LogP contribution in [0.2, 0.25) is 5.28 Å². The highest BCUT2D eigenvalue weighted by molar-refractivity contribution is 6.28.